The van der Waals surface area contributed by atoms with Crippen molar-refractivity contribution in [3.8, 4) is 0 Å². The van der Waals surface area contributed by atoms with Crippen molar-refractivity contribution >= 4 is 17.4 Å². The van der Waals surface area contributed by atoms with E-state index in [9.17, 15) is 9.90 Å². The second-order valence-electron chi connectivity index (χ2n) is 13.1. The molecule has 4 aliphatic rings. The molecule has 0 unspecified atom stereocenters. The molecule has 0 bridgehead atoms. The van der Waals surface area contributed by atoms with Crippen molar-refractivity contribution < 1.29 is 43.1 Å². The molecule has 4 heterocycles. The Bertz CT molecular complexity index is 1460. The van der Waals surface area contributed by atoms with Gasteiger partial charge < -0.3 is 38.3 Å². The number of hydrogen-bond donors (Lipinski definition) is 1. The van der Waals surface area contributed by atoms with Crippen molar-refractivity contribution in [2.24, 2.45) is 0 Å². The highest BCUT2D eigenvalue weighted by Crippen LogP contribution is 2.43. The molecule has 0 aromatic heterocycles. The summed E-state index contributed by atoms with van der Waals surface area (Å²) in [7, 11) is 0. The average Bonchev–Trinajstić information content (AvgIpc) is 3.12. The molecule has 3 aromatic carbocycles. The molecule has 1 N–H and O–H groups in total. The number of fused-ring (bicyclic) bond motifs is 2. The lowest BCUT2D eigenvalue weighted by atomic mass is 9.84. The molecule has 10 heteroatoms. The van der Waals surface area contributed by atoms with Crippen LogP contribution in [-0.4, -0.2) is 84.1 Å². The molecule has 0 aliphatic carbocycles. The fourth-order valence-electron chi connectivity index (χ4n) is 7.14. The molecule has 0 radical (unpaired) electrons. The first-order valence-corrected chi connectivity index (χ1v) is 17.3. The molecule has 9 nitrogen and oxygen atoms in total. The van der Waals surface area contributed by atoms with Crippen LogP contribution in [0.3, 0.4) is 0 Å². The Labute approximate surface area is 286 Å². The quantitative estimate of drug-likeness (QED) is 0.277. The van der Waals surface area contributed by atoms with Crippen molar-refractivity contribution in [1.82, 2.24) is 0 Å². The summed E-state index contributed by atoms with van der Waals surface area (Å²) in [4.78, 5) is 13.5. The third-order valence-electron chi connectivity index (χ3n) is 9.73. The zero-order chi connectivity index (χ0) is 32.9. The van der Waals surface area contributed by atoms with Gasteiger partial charge in [-0.15, -0.1) is 11.6 Å². The maximum Gasteiger partial charge on any atom is 0.254 e. The van der Waals surface area contributed by atoms with Crippen molar-refractivity contribution in [2.75, 3.05) is 13.2 Å². The van der Waals surface area contributed by atoms with Gasteiger partial charge in [0.2, 0.25) is 0 Å². The summed E-state index contributed by atoms with van der Waals surface area (Å²) in [6.45, 7) is 1.96. The summed E-state index contributed by atoms with van der Waals surface area (Å²) in [5, 5.41) is 11.4. The molecular formula is C38H43ClO9. The number of alkyl halides is 1. The van der Waals surface area contributed by atoms with Crippen LogP contribution in [0.5, 0.6) is 0 Å². The average molecular weight is 679 g/mol. The normalized spacial score (nSPS) is 35.0. The van der Waals surface area contributed by atoms with E-state index in [1.165, 1.54) is 0 Å². The highest BCUT2D eigenvalue weighted by Gasteiger charge is 2.60. The van der Waals surface area contributed by atoms with Gasteiger partial charge in [0.25, 0.3) is 5.79 Å². The molecule has 0 spiro atoms. The molecule has 4 saturated heterocycles. The number of benzene rings is 3. The van der Waals surface area contributed by atoms with E-state index >= 15 is 0 Å². The Morgan fingerprint density at radius 1 is 0.750 bits per heavy atom. The molecule has 10 atom stereocenters. The van der Waals surface area contributed by atoms with Gasteiger partial charge in [-0.05, 0) is 29.5 Å². The molecule has 4 aliphatic heterocycles. The first-order valence-electron chi connectivity index (χ1n) is 16.9. The fourth-order valence-corrected chi connectivity index (χ4v) is 7.52. The number of ketones is 1. The Balaban J connectivity index is 1.04. The van der Waals surface area contributed by atoms with Crippen molar-refractivity contribution in [2.45, 2.75) is 105 Å². The maximum atomic E-state index is 13.5. The minimum absolute atomic E-state index is 0.00654. The van der Waals surface area contributed by atoms with Crippen LogP contribution in [0.15, 0.2) is 91.0 Å². The number of hydrogen-bond acceptors (Lipinski definition) is 9. The summed E-state index contributed by atoms with van der Waals surface area (Å²) in [6, 6.07) is 29.8. The van der Waals surface area contributed by atoms with Crippen molar-refractivity contribution in [3.05, 3.63) is 108 Å². The predicted molar refractivity (Wildman–Crippen MR) is 176 cm³/mol. The minimum atomic E-state index is -2.20. The van der Waals surface area contributed by atoms with Crippen molar-refractivity contribution in [1.29, 1.82) is 0 Å². The zero-order valence-electron chi connectivity index (χ0n) is 26.8. The van der Waals surface area contributed by atoms with Crippen LogP contribution in [0.2, 0.25) is 0 Å². The second kappa shape index (κ2) is 15.5. The molecule has 256 valence electrons. The lowest BCUT2D eigenvalue weighted by Gasteiger charge is -2.52. The number of carbonyl (C=O) groups is 1. The number of Topliss-reactive ketones (excluding diaryl/α,β-unsaturated/α-hetero) is 1. The molecule has 0 amide bonds. The summed E-state index contributed by atoms with van der Waals surface area (Å²) in [6.07, 6.45) is -3.15. The first-order chi connectivity index (χ1) is 23.5. The van der Waals surface area contributed by atoms with Gasteiger partial charge in [0, 0.05) is 19.4 Å². The monoisotopic (exact) mass is 678 g/mol. The van der Waals surface area contributed by atoms with Gasteiger partial charge in [-0.3, -0.25) is 4.79 Å². The molecule has 3 aromatic rings. The van der Waals surface area contributed by atoms with E-state index in [0.29, 0.717) is 45.9 Å². The number of halogens is 1. The van der Waals surface area contributed by atoms with Crippen molar-refractivity contribution in [3.63, 3.8) is 0 Å². The van der Waals surface area contributed by atoms with E-state index in [1.807, 2.05) is 91.0 Å². The van der Waals surface area contributed by atoms with Crippen LogP contribution in [0.25, 0.3) is 0 Å². The van der Waals surface area contributed by atoms with Gasteiger partial charge in [-0.2, -0.15) is 0 Å². The highest BCUT2D eigenvalue weighted by atomic mass is 35.5. The topological polar surface area (TPSA) is 102 Å². The zero-order valence-corrected chi connectivity index (χ0v) is 27.6. The van der Waals surface area contributed by atoms with Gasteiger partial charge in [-0.25, -0.2) is 0 Å². The highest BCUT2D eigenvalue weighted by molar-refractivity contribution is 6.21. The number of carbonyl (C=O) groups excluding carboxylic acids is 1. The van der Waals surface area contributed by atoms with E-state index < -0.39 is 53.6 Å². The Kier molecular flexibility index (Phi) is 10.9. The molecular weight excluding hydrogens is 636 g/mol. The molecule has 48 heavy (non-hydrogen) atoms. The van der Waals surface area contributed by atoms with E-state index in [-0.39, 0.29) is 25.0 Å². The lowest BCUT2D eigenvalue weighted by Crippen LogP contribution is -2.68. The molecule has 7 rings (SSSR count). The largest absolute Gasteiger partial charge is 0.375 e. The van der Waals surface area contributed by atoms with Crippen LogP contribution in [0, 0.1) is 0 Å². The number of rotatable bonds is 11. The van der Waals surface area contributed by atoms with E-state index in [4.69, 9.17) is 44.8 Å². The third kappa shape index (κ3) is 7.70. The first kappa shape index (κ1) is 33.8. The Morgan fingerprint density at radius 2 is 1.35 bits per heavy atom. The van der Waals surface area contributed by atoms with Gasteiger partial charge in [0.15, 0.2) is 5.78 Å². The van der Waals surface area contributed by atoms with Crippen LogP contribution in [0.1, 0.15) is 42.4 Å². The number of ether oxygens (including phenoxy) is 7. The van der Waals surface area contributed by atoms with Gasteiger partial charge >= 0.3 is 0 Å². The van der Waals surface area contributed by atoms with Crippen LogP contribution in [-0.2, 0) is 57.8 Å². The summed E-state index contributed by atoms with van der Waals surface area (Å²) in [5.41, 5.74) is 3.13. The third-order valence-corrected chi connectivity index (χ3v) is 10.2. The van der Waals surface area contributed by atoms with E-state index in [1.54, 1.807) is 0 Å². The predicted octanol–water partition coefficient (Wildman–Crippen LogP) is 5.13. The standard InChI is InChI=1S/C38H43ClO9/c39-28-18-35(38(41)34(40)20-31-37(48-38)29(16-17-43-31)44-22-26-12-6-2-7-13-26)46-32-19-30(45-23-27-14-8-3-9-15-27)33(47-36(28)32)24-42-21-25-10-4-1-5-11-25/h1-15,28-33,35-37,41H,16-24H2/t28-,29-,30+,31+,32+,33+,35+,36-,37-,38-/m0/s1. The van der Waals surface area contributed by atoms with E-state index in [0.717, 1.165) is 16.7 Å². The smallest absolute Gasteiger partial charge is 0.254 e. The Hall–Kier alpha value is -2.70. The van der Waals surface area contributed by atoms with Gasteiger partial charge in [0.1, 0.15) is 24.4 Å². The number of aliphatic hydroxyl groups is 1. The summed E-state index contributed by atoms with van der Waals surface area (Å²) in [5.74, 6) is -2.69. The molecule has 0 saturated carbocycles. The van der Waals surface area contributed by atoms with Crippen LogP contribution < -0.4 is 0 Å². The molecule has 4 fully saturated rings. The summed E-state index contributed by atoms with van der Waals surface area (Å²) >= 11 is 7.00. The summed E-state index contributed by atoms with van der Waals surface area (Å²) < 4.78 is 44.1. The second-order valence-corrected chi connectivity index (χ2v) is 13.6. The van der Waals surface area contributed by atoms with Crippen LogP contribution in [0.4, 0.5) is 0 Å². The lowest BCUT2D eigenvalue weighted by molar-refractivity contribution is -0.341. The van der Waals surface area contributed by atoms with Crippen LogP contribution >= 0.6 is 11.6 Å². The Morgan fingerprint density at radius 3 is 2.00 bits per heavy atom. The maximum absolute atomic E-state index is 13.5. The van der Waals surface area contributed by atoms with Gasteiger partial charge in [-0.1, -0.05) is 91.0 Å². The van der Waals surface area contributed by atoms with E-state index in [2.05, 4.69) is 0 Å². The SMILES string of the molecule is O=C1C[C@H]2OCC[C@H](OCc3ccccc3)[C@@H]2O[C@]1(O)[C@H]1C[C@H](Cl)[C@@H]2O[C@H](COCc3ccccc3)[C@H](OCc3ccccc3)C[C@H]2O1. The fraction of sp³-hybridized carbons (Fsp3) is 0.500. The van der Waals surface area contributed by atoms with Gasteiger partial charge in [0.05, 0.1) is 56.2 Å². The minimum Gasteiger partial charge on any atom is -0.375 e.